The number of fused-ring (bicyclic) bond motifs is 4. The summed E-state index contributed by atoms with van der Waals surface area (Å²) < 4.78 is 6.85. The van der Waals surface area contributed by atoms with E-state index in [0.717, 1.165) is 42.3 Å². The van der Waals surface area contributed by atoms with Crippen LogP contribution in [-0.2, 0) is 6.42 Å². The number of nitrogens with zero attached hydrogens (tertiary/aromatic N) is 3. The molecule has 4 atom stereocenters. The summed E-state index contributed by atoms with van der Waals surface area (Å²) in [4.78, 5) is 9.34. The molecule has 0 spiro atoms. The van der Waals surface area contributed by atoms with Crippen molar-refractivity contribution in [3.05, 3.63) is 17.7 Å². The van der Waals surface area contributed by atoms with Gasteiger partial charge in [-0.1, -0.05) is 11.3 Å². The number of ether oxygens (including phenoxy) is 1. The van der Waals surface area contributed by atoms with Gasteiger partial charge in [-0.15, -0.1) is 0 Å². The molecule has 2 aliphatic heterocycles. The van der Waals surface area contributed by atoms with Crippen LogP contribution in [0.1, 0.15) is 24.8 Å². The summed E-state index contributed by atoms with van der Waals surface area (Å²) in [6, 6.07) is 5.34. The first-order chi connectivity index (χ1) is 12.1. The second-order valence-electron chi connectivity index (χ2n) is 7.54. The minimum absolute atomic E-state index is 0.293. The summed E-state index contributed by atoms with van der Waals surface area (Å²) in [5, 5.41) is 14.9. The van der Waals surface area contributed by atoms with Crippen molar-refractivity contribution < 1.29 is 9.84 Å². The fraction of sp³-hybridized carbons (Fsp3) is 0.611. The molecule has 5 rings (SSSR count). The number of nitrogens with one attached hydrogen (secondary N) is 1. The second-order valence-corrected chi connectivity index (χ2v) is 8.54. The average Bonchev–Trinajstić information content (AvgIpc) is 3.28. The van der Waals surface area contributed by atoms with Crippen LogP contribution in [0, 0.1) is 0 Å². The van der Waals surface area contributed by atoms with Crippen molar-refractivity contribution >= 4 is 26.7 Å². The molecule has 1 aromatic carbocycles. The lowest BCUT2D eigenvalue weighted by Gasteiger charge is -2.37. The predicted octanol–water partition coefficient (Wildman–Crippen LogP) is 1.77. The van der Waals surface area contributed by atoms with Gasteiger partial charge in [0.05, 0.1) is 22.9 Å². The Labute approximate surface area is 151 Å². The highest BCUT2D eigenvalue weighted by Crippen LogP contribution is 2.41. The molecule has 0 amide bonds. The lowest BCUT2D eigenvalue weighted by Crippen LogP contribution is -2.47. The molecule has 3 aliphatic rings. The van der Waals surface area contributed by atoms with Crippen molar-refractivity contribution in [3.63, 3.8) is 0 Å². The van der Waals surface area contributed by atoms with E-state index >= 15 is 0 Å². The van der Waals surface area contributed by atoms with E-state index < -0.39 is 6.35 Å². The number of benzene rings is 1. The lowest BCUT2D eigenvalue weighted by molar-refractivity contribution is 0.155. The van der Waals surface area contributed by atoms with Crippen LogP contribution >= 0.6 is 11.3 Å². The smallest absolute Gasteiger partial charge is 0.189 e. The Bertz CT molecular complexity index is 808. The van der Waals surface area contributed by atoms with Crippen LogP contribution in [0.25, 0.3) is 10.2 Å². The zero-order valence-electron chi connectivity index (χ0n) is 14.6. The molecule has 2 N–H and O–H groups in total. The van der Waals surface area contributed by atoms with E-state index in [1.165, 1.54) is 16.7 Å². The Hall–Kier alpha value is -1.41. The molecular weight excluding hydrogens is 336 g/mol. The molecule has 7 heteroatoms. The second kappa shape index (κ2) is 5.81. The zero-order valence-corrected chi connectivity index (χ0v) is 15.4. The van der Waals surface area contributed by atoms with E-state index in [1.54, 1.807) is 11.3 Å². The van der Waals surface area contributed by atoms with Gasteiger partial charge in [-0.2, -0.15) is 0 Å². The topological polar surface area (TPSA) is 60.9 Å². The van der Waals surface area contributed by atoms with Gasteiger partial charge < -0.3 is 19.6 Å². The van der Waals surface area contributed by atoms with Crippen molar-refractivity contribution in [2.75, 3.05) is 25.6 Å². The van der Waals surface area contributed by atoms with E-state index in [0.29, 0.717) is 18.1 Å². The molecule has 1 unspecified atom stereocenters. The molecule has 3 heterocycles. The number of aliphatic hydroxyl groups excluding tert-OH is 1. The summed E-state index contributed by atoms with van der Waals surface area (Å²) >= 11 is 1.68. The third-order valence-corrected chi connectivity index (χ3v) is 6.98. The van der Waals surface area contributed by atoms with Crippen molar-refractivity contribution in [1.29, 1.82) is 0 Å². The number of rotatable bonds is 2. The van der Waals surface area contributed by atoms with E-state index in [9.17, 15) is 5.11 Å². The standard InChI is InChI=1S/C18H24N4O2S/c1-21(2)10-3-4-12-13(9-10)22(17(23)19-12)18-20-16-11-7-8-24-14(11)5-6-15(16)25-18/h5-6,10,12-13,17,19,23H,3-4,7-9H2,1-2H3/t10-,12+,13-,17?/m1/s1. The highest BCUT2D eigenvalue weighted by Gasteiger charge is 2.45. The van der Waals surface area contributed by atoms with Crippen LogP contribution < -0.4 is 15.0 Å². The molecular formula is C18H24N4O2S. The number of anilines is 1. The molecule has 6 nitrogen and oxygen atoms in total. The summed E-state index contributed by atoms with van der Waals surface area (Å²) in [5.41, 5.74) is 2.26. The average molecular weight is 360 g/mol. The van der Waals surface area contributed by atoms with E-state index in [-0.39, 0.29) is 0 Å². The van der Waals surface area contributed by atoms with Crippen LogP contribution in [0.2, 0.25) is 0 Å². The molecule has 1 saturated carbocycles. The van der Waals surface area contributed by atoms with Crippen molar-refractivity contribution in [2.24, 2.45) is 0 Å². The number of aromatic nitrogens is 1. The first-order valence-corrected chi connectivity index (χ1v) is 9.87. The lowest BCUT2D eigenvalue weighted by atomic mass is 9.87. The largest absolute Gasteiger partial charge is 0.493 e. The number of aliphatic hydroxyl groups is 1. The van der Waals surface area contributed by atoms with Crippen LogP contribution in [0.4, 0.5) is 5.13 Å². The Morgan fingerprint density at radius 1 is 1.36 bits per heavy atom. The highest BCUT2D eigenvalue weighted by molar-refractivity contribution is 7.22. The predicted molar refractivity (Wildman–Crippen MR) is 99.3 cm³/mol. The quantitative estimate of drug-likeness (QED) is 0.851. The van der Waals surface area contributed by atoms with Crippen LogP contribution in [0.15, 0.2) is 12.1 Å². The van der Waals surface area contributed by atoms with Gasteiger partial charge in [-0.3, -0.25) is 5.32 Å². The SMILES string of the molecule is CN(C)[C@@H]1CC[C@@H]2NC(O)N(c3nc4c5c(ccc4s3)OCC5)[C@@H]2C1. The summed E-state index contributed by atoms with van der Waals surface area (Å²) in [5.74, 6) is 0.965. The maximum absolute atomic E-state index is 10.7. The summed E-state index contributed by atoms with van der Waals surface area (Å²) in [6.45, 7) is 0.740. The maximum atomic E-state index is 10.7. The van der Waals surface area contributed by atoms with E-state index in [1.807, 2.05) is 0 Å². The van der Waals surface area contributed by atoms with Crippen LogP contribution in [-0.4, -0.2) is 60.2 Å². The van der Waals surface area contributed by atoms with E-state index in [4.69, 9.17) is 9.72 Å². The van der Waals surface area contributed by atoms with Crippen molar-refractivity contribution in [3.8, 4) is 5.75 Å². The molecule has 25 heavy (non-hydrogen) atoms. The van der Waals surface area contributed by atoms with Gasteiger partial charge in [0.25, 0.3) is 0 Å². The van der Waals surface area contributed by atoms with Crippen LogP contribution in [0.5, 0.6) is 5.75 Å². The molecule has 134 valence electrons. The number of hydrogen-bond donors (Lipinski definition) is 2. The first kappa shape index (κ1) is 15.8. The fourth-order valence-corrected chi connectivity index (χ4v) is 5.64. The van der Waals surface area contributed by atoms with Gasteiger partial charge in [-0.25, -0.2) is 4.98 Å². The molecule has 1 aliphatic carbocycles. The van der Waals surface area contributed by atoms with Gasteiger partial charge in [0.15, 0.2) is 11.5 Å². The van der Waals surface area contributed by atoms with Gasteiger partial charge >= 0.3 is 0 Å². The molecule has 1 saturated heterocycles. The van der Waals surface area contributed by atoms with E-state index in [2.05, 4.69) is 41.3 Å². The van der Waals surface area contributed by atoms with Crippen LogP contribution in [0.3, 0.4) is 0 Å². The maximum Gasteiger partial charge on any atom is 0.189 e. The Kier molecular flexibility index (Phi) is 3.67. The van der Waals surface area contributed by atoms with Crippen molar-refractivity contribution in [1.82, 2.24) is 15.2 Å². The van der Waals surface area contributed by atoms with Gasteiger partial charge in [0.2, 0.25) is 0 Å². The molecule has 2 aromatic rings. The first-order valence-electron chi connectivity index (χ1n) is 9.06. The van der Waals surface area contributed by atoms with Gasteiger partial charge in [-0.05, 0) is 45.5 Å². The molecule has 0 bridgehead atoms. The Balaban J connectivity index is 1.52. The molecule has 0 radical (unpaired) electrons. The molecule has 2 fully saturated rings. The highest BCUT2D eigenvalue weighted by atomic mass is 32.1. The van der Waals surface area contributed by atoms with Gasteiger partial charge in [0.1, 0.15) is 5.75 Å². The molecule has 1 aromatic heterocycles. The van der Waals surface area contributed by atoms with Crippen molar-refractivity contribution in [2.45, 2.75) is 50.2 Å². The minimum atomic E-state index is -0.652. The number of thiazole rings is 1. The fourth-order valence-electron chi connectivity index (χ4n) is 4.56. The summed E-state index contributed by atoms with van der Waals surface area (Å²) in [6.07, 6.45) is 3.59. The Morgan fingerprint density at radius 3 is 3.08 bits per heavy atom. The van der Waals surface area contributed by atoms with Gasteiger partial charge in [0, 0.05) is 24.1 Å². The normalized spacial score (nSPS) is 31.4. The summed E-state index contributed by atoms with van der Waals surface area (Å²) in [7, 11) is 4.30. The minimum Gasteiger partial charge on any atom is -0.493 e. The zero-order chi connectivity index (χ0) is 17.1. The monoisotopic (exact) mass is 360 g/mol. The Morgan fingerprint density at radius 2 is 2.24 bits per heavy atom. The number of hydrogen-bond acceptors (Lipinski definition) is 7. The third kappa shape index (κ3) is 2.44. The third-order valence-electron chi connectivity index (χ3n) is 5.95.